The molecular weight excluding hydrogens is 347 g/mol. The highest BCUT2D eigenvalue weighted by Crippen LogP contribution is 2.19. The van der Waals surface area contributed by atoms with Gasteiger partial charge in [0.2, 0.25) is 5.95 Å². The number of hydrogen-bond donors (Lipinski definition) is 2. The van der Waals surface area contributed by atoms with E-state index in [4.69, 9.17) is 11.6 Å². The molecule has 1 aromatic heterocycles. The number of nitrogens with zero attached hydrogens (tertiary/aromatic N) is 2. The monoisotopic (exact) mass is 364 g/mol. The van der Waals surface area contributed by atoms with E-state index in [1.807, 2.05) is 4.90 Å². The molecule has 1 atom stereocenters. The van der Waals surface area contributed by atoms with E-state index >= 15 is 0 Å². The Hall–Kier alpha value is -2.41. The van der Waals surface area contributed by atoms with Crippen LogP contribution in [0.2, 0.25) is 5.02 Å². The number of halogens is 2. The Morgan fingerprint density at radius 3 is 2.76 bits per heavy atom. The summed E-state index contributed by atoms with van der Waals surface area (Å²) < 4.78 is 13.2. The Balaban J connectivity index is 1.78. The van der Waals surface area contributed by atoms with Crippen molar-refractivity contribution in [3.8, 4) is 0 Å². The van der Waals surface area contributed by atoms with Gasteiger partial charge >= 0.3 is 0 Å². The summed E-state index contributed by atoms with van der Waals surface area (Å²) in [5.41, 5.74) is 0.438. The summed E-state index contributed by atoms with van der Waals surface area (Å²) in [4.78, 5) is 33.4. The number of rotatable bonds is 4. The van der Waals surface area contributed by atoms with Gasteiger partial charge < -0.3 is 10.2 Å². The fourth-order valence-corrected chi connectivity index (χ4v) is 2.94. The van der Waals surface area contributed by atoms with Gasteiger partial charge in [0.15, 0.2) is 0 Å². The maximum atomic E-state index is 13.2. The fourth-order valence-electron chi connectivity index (χ4n) is 2.75. The van der Waals surface area contributed by atoms with Crippen molar-refractivity contribution in [2.75, 3.05) is 18.0 Å². The maximum Gasteiger partial charge on any atom is 0.252 e. The molecule has 0 radical (unpaired) electrons. The lowest BCUT2D eigenvalue weighted by atomic mass is 10.1. The molecule has 2 N–H and O–H groups in total. The predicted molar refractivity (Wildman–Crippen MR) is 93.6 cm³/mol. The molecule has 1 fully saturated rings. The zero-order valence-corrected chi connectivity index (χ0v) is 14.4. The summed E-state index contributed by atoms with van der Waals surface area (Å²) in [5, 5.41) is 2.63. The minimum absolute atomic E-state index is 0.120. The highest BCUT2D eigenvalue weighted by Gasteiger charge is 2.19. The molecular formula is C17H18ClFN4O2. The second-order valence-electron chi connectivity index (χ2n) is 6.01. The molecule has 2 aromatic rings. The molecule has 1 aromatic carbocycles. The Labute approximate surface area is 149 Å². The molecule has 1 aliphatic heterocycles. The van der Waals surface area contributed by atoms with E-state index < -0.39 is 17.8 Å². The van der Waals surface area contributed by atoms with Gasteiger partial charge in [0, 0.05) is 24.7 Å². The molecule has 0 saturated carbocycles. The third-order valence-electron chi connectivity index (χ3n) is 4.13. The third-order valence-corrected chi connectivity index (χ3v) is 4.42. The quantitative estimate of drug-likeness (QED) is 0.874. The number of benzene rings is 1. The van der Waals surface area contributed by atoms with Crippen molar-refractivity contribution in [1.29, 1.82) is 0 Å². The number of carbonyl (C=O) groups is 1. The Morgan fingerprint density at radius 1 is 1.36 bits per heavy atom. The van der Waals surface area contributed by atoms with E-state index in [2.05, 4.69) is 15.3 Å². The summed E-state index contributed by atoms with van der Waals surface area (Å²) in [6.07, 6.45) is 2.12. The summed E-state index contributed by atoms with van der Waals surface area (Å²) in [6, 6.07) is 4.63. The first kappa shape index (κ1) is 17.4. The first-order chi connectivity index (χ1) is 11.9. The molecule has 3 rings (SSSR count). The van der Waals surface area contributed by atoms with Gasteiger partial charge in [-0.05, 0) is 38.0 Å². The lowest BCUT2D eigenvalue weighted by Crippen LogP contribution is -2.30. The molecule has 25 heavy (non-hydrogen) atoms. The van der Waals surface area contributed by atoms with Crippen molar-refractivity contribution in [3.63, 3.8) is 0 Å². The van der Waals surface area contributed by atoms with Crippen LogP contribution in [-0.4, -0.2) is 29.0 Å². The van der Waals surface area contributed by atoms with Crippen molar-refractivity contribution in [3.05, 3.63) is 56.7 Å². The minimum Gasteiger partial charge on any atom is -0.344 e. The first-order valence-corrected chi connectivity index (χ1v) is 8.44. The summed E-state index contributed by atoms with van der Waals surface area (Å²) in [7, 11) is 0. The molecule has 8 heteroatoms. The molecule has 1 unspecified atom stereocenters. The molecule has 0 aliphatic carbocycles. The number of aromatic nitrogens is 2. The van der Waals surface area contributed by atoms with Gasteiger partial charge in [-0.15, -0.1) is 0 Å². The molecule has 6 nitrogen and oxygen atoms in total. The van der Waals surface area contributed by atoms with E-state index in [9.17, 15) is 14.0 Å². The first-order valence-electron chi connectivity index (χ1n) is 8.06. The van der Waals surface area contributed by atoms with E-state index in [-0.39, 0.29) is 16.1 Å². The van der Waals surface area contributed by atoms with Crippen molar-refractivity contribution in [2.24, 2.45) is 0 Å². The van der Waals surface area contributed by atoms with Crippen molar-refractivity contribution in [2.45, 2.75) is 25.8 Å². The lowest BCUT2D eigenvalue weighted by molar-refractivity contribution is 0.0939. The van der Waals surface area contributed by atoms with Gasteiger partial charge in [0.05, 0.1) is 16.8 Å². The van der Waals surface area contributed by atoms with Gasteiger partial charge in [-0.25, -0.2) is 9.37 Å². The Morgan fingerprint density at radius 2 is 2.08 bits per heavy atom. The van der Waals surface area contributed by atoms with Crippen LogP contribution in [0.3, 0.4) is 0 Å². The molecule has 2 heterocycles. The van der Waals surface area contributed by atoms with Crippen LogP contribution in [0.15, 0.2) is 29.1 Å². The fraction of sp³-hybridized carbons (Fsp3) is 0.353. The van der Waals surface area contributed by atoms with Crippen LogP contribution in [0.5, 0.6) is 0 Å². The van der Waals surface area contributed by atoms with Crippen LogP contribution in [-0.2, 0) is 0 Å². The van der Waals surface area contributed by atoms with Crippen LogP contribution in [0, 0.1) is 5.82 Å². The topological polar surface area (TPSA) is 78.1 Å². The molecule has 1 amide bonds. The van der Waals surface area contributed by atoms with E-state index in [0.29, 0.717) is 11.6 Å². The smallest absolute Gasteiger partial charge is 0.252 e. The minimum atomic E-state index is -0.585. The normalized spacial score (nSPS) is 15.2. The Kier molecular flexibility index (Phi) is 5.03. The number of anilines is 1. The maximum absolute atomic E-state index is 13.2. The molecule has 1 aliphatic rings. The van der Waals surface area contributed by atoms with Crippen LogP contribution in [0.25, 0.3) is 0 Å². The van der Waals surface area contributed by atoms with Crippen molar-refractivity contribution < 1.29 is 9.18 Å². The number of H-pyrrole nitrogens is 1. The number of carbonyl (C=O) groups excluding carboxylic acids is 1. The van der Waals surface area contributed by atoms with E-state index in [1.54, 1.807) is 6.92 Å². The summed E-state index contributed by atoms with van der Waals surface area (Å²) >= 11 is 5.71. The van der Waals surface area contributed by atoms with Crippen LogP contribution < -0.4 is 15.8 Å². The largest absolute Gasteiger partial charge is 0.344 e. The molecule has 0 spiro atoms. The zero-order chi connectivity index (χ0) is 18.0. The highest BCUT2D eigenvalue weighted by molar-refractivity contribution is 6.31. The van der Waals surface area contributed by atoms with Crippen LogP contribution >= 0.6 is 11.6 Å². The van der Waals surface area contributed by atoms with Gasteiger partial charge in [-0.1, -0.05) is 11.6 Å². The van der Waals surface area contributed by atoms with Crippen molar-refractivity contribution in [1.82, 2.24) is 15.3 Å². The SMILES string of the molecule is CC(NC(=O)c1ccc(F)c(Cl)c1)c1cc(=O)[nH]c(N2CCCC2)n1. The van der Waals surface area contributed by atoms with E-state index in [0.717, 1.165) is 32.0 Å². The van der Waals surface area contributed by atoms with Gasteiger partial charge in [0.25, 0.3) is 11.5 Å². The van der Waals surface area contributed by atoms with Crippen LogP contribution in [0.4, 0.5) is 10.3 Å². The van der Waals surface area contributed by atoms with Gasteiger partial charge in [-0.2, -0.15) is 0 Å². The Bertz CT molecular complexity index is 849. The summed E-state index contributed by atoms with van der Waals surface area (Å²) in [6.45, 7) is 3.43. The van der Waals surface area contributed by atoms with E-state index in [1.165, 1.54) is 18.2 Å². The van der Waals surface area contributed by atoms with Crippen molar-refractivity contribution >= 4 is 23.5 Å². The molecule has 132 valence electrons. The lowest BCUT2D eigenvalue weighted by Gasteiger charge is -2.19. The predicted octanol–water partition coefficient (Wildman–Crippen LogP) is 2.65. The molecule has 0 bridgehead atoms. The third kappa shape index (κ3) is 3.99. The zero-order valence-electron chi connectivity index (χ0n) is 13.7. The average molecular weight is 365 g/mol. The van der Waals surface area contributed by atoms with Gasteiger partial charge in [0.1, 0.15) is 5.82 Å². The number of aromatic amines is 1. The molecule has 1 saturated heterocycles. The summed E-state index contributed by atoms with van der Waals surface area (Å²) in [5.74, 6) is -0.483. The average Bonchev–Trinajstić information content (AvgIpc) is 3.11. The standard InChI is InChI=1S/C17H18ClFN4O2/c1-10(20-16(25)11-4-5-13(19)12(18)8-11)14-9-15(24)22-17(21-14)23-6-2-3-7-23/h4-5,8-10H,2-3,6-7H2,1H3,(H,20,25)(H,21,22,24). The second-order valence-corrected chi connectivity index (χ2v) is 6.42. The number of nitrogens with one attached hydrogen (secondary N) is 2. The second kappa shape index (κ2) is 7.23. The highest BCUT2D eigenvalue weighted by atomic mass is 35.5. The van der Waals surface area contributed by atoms with Crippen LogP contribution in [0.1, 0.15) is 41.9 Å². The van der Waals surface area contributed by atoms with Gasteiger partial charge in [-0.3, -0.25) is 14.6 Å². The number of amides is 1. The number of hydrogen-bond acceptors (Lipinski definition) is 4.